The molecule has 33 heavy (non-hydrogen) atoms. The van der Waals surface area contributed by atoms with E-state index >= 15 is 0 Å². The first-order chi connectivity index (χ1) is 15.9. The van der Waals surface area contributed by atoms with E-state index in [1.54, 1.807) is 6.20 Å². The lowest BCUT2D eigenvalue weighted by atomic mass is 10.1. The first kappa shape index (κ1) is 21.3. The van der Waals surface area contributed by atoms with Gasteiger partial charge in [-0.05, 0) is 32.4 Å². The number of imidazole rings is 1. The van der Waals surface area contributed by atoms with E-state index in [2.05, 4.69) is 29.1 Å². The van der Waals surface area contributed by atoms with Crippen molar-refractivity contribution in [3.05, 3.63) is 47.5 Å². The summed E-state index contributed by atoms with van der Waals surface area (Å²) in [6, 6.07) is 2.30. The molecule has 5 heterocycles. The minimum absolute atomic E-state index is 0.0639. The summed E-state index contributed by atoms with van der Waals surface area (Å²) in [5, 5.41) is 24.7. The minimum Gasteiger partial charge on any atom is -0.396 e. The first-order valence-electron chi connectivity index (χ1n) is 10.7. The van der Waals surface area contributed by atoms with Gasteiger partial charge in [0.25, 0.3) is 0 Å². The van der Waals surface area contributed by atoms with E-state index in [1.165, 1.54) is 11.3 Å². The summed E-state index contributed by atoms with van der Waals surface area (Å²) in [5.74, 6) is 1.80. The van der Waals surface area contributed by atoms with E-state index in [0.29, 0.717) is 29.0 Å². The zero-order valence-corrected chi connectivity index (χ0v) is 19.7. The summed E-state index contributed by atoms with van der Waals surface area (Å²) in [6.45, 7) is 6.32. The van der Waals surface area contributed by atoms with Crippen LogP contribution in [0, 0.1) is 6.92 Å². The smallest absolute Gasteiger partial charge is 0.218 e. The fraction of sp³-hybridized carbons (Fsp3) is 0.318. The van der Waals surface area contributed by atoms with Gasteiger partial charge >= 0.3 is 0 Å². The predicted molar refractivity (Wildman–Crippen MR) is 128 cm³/mol. The topological polar surface area (TPSA) is 111 Å². The van der Waals surface area contributed by atoms with Gasteiger partial charge in [0.2, 0.25) is 5.82 Å². The average molecular weight is 464 g/mol. The Morgan fingerprint density at radius 2 is 2.03 bits per heavy atom. The van der Waals surface area contributed by atoms with Gasteiger partial charge in [0, 0.05) is 61.8 Å². The highest BCUT2D eigenvalue weighted by Gasteiger charge is 2.20. The summed E-state index contributed by atoms with van der Waals surface area (Å²) in [6.07, 6.45) is 8.08. The molecule has 0 atom stereocenters. The van der Waals surface area contributed by atoms with Crippen LogP contribution in [0.25, 0.3) is 28.4 Å². The molecule has 0 bridgehead atoms. The van der Waals surface area contributed by atoms with Crippen molar-refractivity contribution >= 4 is 27.8 Å². The van der Waals surface area contributed by atoms with Crippen molar-refractivity contribution in [3.8, 4) is 22.9 Å². The van der Waals surface area contributed by atoms with Gasteiger partial charge in [-0.25, -0.2) is 19.5 Å². The molecule has 5 rings (SSSR count). The number of aliphatic hydroxyl groups is 1. The molecule has 0 saturated heterocycles. The van der Waals surface area contributed by atoms with Crippen molar-refractivity contribution in [2.75, 3.05) is 11.9 Å². The molecule has 0 amide bonds. The Bertz CT molecular complexity index is 1430. The van der Waals surface area contributed by atoms with Crippen LogP contribution >= 0.6 is 11.3 Å². The van der Waals surface area contributed by atoms with Crippen molar-refractivity contribution in [3.63, 3.8) is 0 Å². The van der Waals surface area contributed by atoms with Gasteiger partial charge in [0.05, 0.1) is 11.4 Å². The number of aryl methyl sites for hydroxylation is 2. The number of aliphatic hydroxyl groups excluding tert-OH is 1. The molecule has 170 valence electrons. The maximum absolute atomic E-state index is 9.21. The van der Waals surface area contributed by atoms with E-state index in [9.17, 15) is 5.11 Å². The Morgan fingerprint density at radius 1 is 1.18 bits per heavy atom. The molecule has 0 aliphatic carbocycles. The molecule has 5 aromatic rings. The zero-order valence-electron chi connectivity index (χ0n) is 18.9. The van der Waals surface area contributed by atoms with Crippen LogP contribution in [0.15, 0.2) is 36.2 Å². The Kier molecular flexibility index (Phi) is 5.43. The Labute approximate surface area is 194 Å². The van der Waals surface area contributed by atoms with Crippen molar-refractivity contribution in [2.24, 2.45) is 7.05 Å². The largest absolute Gasteiger partial charge is 0.396 e. The summed E-state index contributed by atoms with van der Waals surface area (Å²) in [7, 11) is 1.91. The lowest BCUT2D eigenvalue weighted by Crippen LogP contribution is -2.06. The van der Waals surface area contributed by atoms with E-state index in [0.717, 1.165) is 28.0 Å². The molecular weight excluding hydrogens is 438 g/mol. The number of hydrogen-bond acceptors (Lipinski definition) is 8. The number of thiazole rings is 1. The van der Waals surface area contributed by atoms with Crippen LogP contribution in [0.5, 0.6) is 0 Å². The highest BCUT2D eigenvalue weighted by atomic mass is 32.1. The second kappa shape index (κ2) is 8.41. The quantitative estimate of drug-likeness (QED) is 0.379. The lowest BCUT2D eigenvalue weighted by Gasteiger charge is -2.09. The molecular formula is C22H25N9OS. The molecule has 0 unspecified atom stereocenters. The molecule has 0 aliphatic heterocycles. The van der Waals surface area contributed by atoms with Gasteiger partial charge in [-0.15, -0.1) is 16.4 Å². The second-order valence-corrected chi connectivity index (χ2v) is 8.98. The van der Waals surface area contributed by atoms with Crippen LogP contribution < -0.4 is 5.32 Å². The van der Waals surface area contributed by atoms with Crippen LogP contribution in [-0.2, 0) is 13.5 Å². The summed E-state index contributed by atoms with van der Waals surface area (Å²) in [4.78, 5) is 13.8. The third-order valence-corrected chi connectivity index (χ3v) is 6.27. The van der Waals surface area contributed by atoms with Gasteiger partial charge in [-0.1, -0.05) is 0 Å². The summed E-state index contributed by atoms with van der Waals surface area (Å²) >= 11 is 1.48. The van der Waals surface area contributed by atoms with Crippen LogP contribution in [-0.4, -0.2) is 50.6 Å². The number of aromatic nitrogens is 8. The molecule has 0 aromatic carbocycles. The van der Waals surface area contributed by atoms with E-state index in [1.807, 2.05) is 57.8 Å². The van der Waals surface area contributed by atoms with Gasteiger partial charge in [-0.3, -0.25) is 4.68 Å². The van der Waals surface area contributed by atoms with Crippen LogP contribution in [0.2, 0.25) is 0 Å². The van der Waals surface area contributed by atoms with Gasteiger partial charge in [0.15, 0.2) is 16.8 Å². The fourth-order valence-corrected chi connectivity index (χ4v) is 4.46. The van der Waals surface area contributed by atoms with Crippen LogP contribution in [0.1, 0.15) is 31.1 Å². The third-order valence-electron chi connectivity index (χ3n) is 5.46. The van der Waals surface area contributed by atoms with Crippen molar-refractivity contribution in [2.45, 2.75) is 33.2 Å². The molecule has 0 spiro atoms. The van der Waals surface area contributed by atoms with Crippen molar-refractivity contribution < 1.29 is 5.11 Å². The molecule has 0 saturated carbocycles. The Morgan fingerprint density at radius 3 is 2.73 bits per heavy atom. The number of nitrogens with zero attached hydrogens (tertiary/aromatic N) is 8. The van der Waals surface area contributed by atoms with Crippen molar-refractivity contribution in [1.82, 2.24) is 38.9 Å². The molecule has 2 N–H and O–H groups in total. The molecule has 0 radical (unpaired) electrons. The number of hydrogen-bond donors (Lipinski definition) is 2. The van der Waals surface area contributed by atoms with Crippen molar-refractivity contribution in [1.29, 1.82) is 0 Å². The Balaban J connectivity index is 1.66. The molecule has 0 fully saturated rings. The van der Waals surface area contributed by atoms with Gasteiger partial charge in [-0.2, -0.15) is 5.10 Å². The number of fused-ring (bicyclic) bond motifs is 1. The maximum atomic E-state index is 9.21. The zero-order chi connectivity index (χ0) is 23.1. The SMILES string of the molecule is Cc1c(-c2ccn(C(C)C)n2)cn2nc(-c3nccn3C)nc(Nc3nc(CCO)cs3)c12. The predicted octanol–water partition coefficient (Wildman–Crippen LogP) is 3.62. The highest BCUT2D eigenvalue weighted by molar-refractivity contribution is 7.13. The molecule has 11 heteroatoms. The highest BCUT2D eigenvalue weighted by Crippen LogP contribution is 2.33. The van der Waals surface area contributed by atoms with E-state index < -0.39 is 0 Å². The number of rotatable bonds is 7. The monoisotopic (exact) mass is 463 g/mol. The summed E-state index contributed by atoms with van der Waals surface area (Å²) < 4.78 is 5.66. The lowest BCUT2D eigenvalue weighted by molar-refractivity contribution is 0.298. The first-order valence-corrected chi connectivity index (χ1v) is 11.6. The molecule has 10 nitrogen and oxygen atoms in total. The standard InChI is InChI=1S/C22H25N9OS/c1-13(2)30-8-5-17(27-30)16-11-31-18(14(16)3)19(26-22-24-15(6-10-32)12-33-22)25-20(28-31)21-23-7-9-29(21)4/h5,7-9,11-13,32H,6,10H2,1-4H3,(H,24,25,26,28). The van der Waals surface area contributed by atoms with E-state index in [-0.39, 0.29) is 12.6 Å². The number of nitrogens with one attached hydrogen (secondary N) is 1. The fourth-order valence-electron chi connectivity index (χ4n) is 3.72. The van der Waals surface area contributed by atoms with Crippen LogP contribution in [0.4, 0.5) is 10.9 Å². The Hall–Kier alpha value is -3.57. The van der Waals surface area contributed by atoms with Gasteiger partial charge < -0.3 is 15.0 Å². The molecule has 0 aliphatic rings. The van der Waals surface area contributed by atoms with Gasteiger partial charge in [0.1, 0.15) is 5.52 Å². The normalized spacial score (nSPS) is 11.7. The average Bonchev–Trinajstić information content (AvgIpc) is 3.56. The van der Waals surface area contributed by atoms with E-state index in [4.69, 9.17) is 15.2 Å². The second-order valence-electron chi connectivity index (χ2n) is 8.12. The van der Waals surface area contributed by atoms with Crippen LogP contribution in [0.3, 0.4) is 0 Å². The third kappa shape index (κ3) is 3.89. The minimum atomic E-state index is 0.0639. The number of anilines is 2. The summed E-state index contributed by atoms with van der Waals surface area (Å²) in [5.41, 5.74) is 4.58. The maximum Gasteiger partial charge on any atom is 0.218 e. The molecule has 5 aromatic heterocycles.